The smallest absolute Gasteiger partial charge is 0.392 e. The number of benzene rings is 1. The summed E-state index contributed by atoms with van der Waals surface area (Å²) in [6.45, 7) is 3.47. The highest BCUT2D eigenvalue weighted by molar-refractivity contribution is 7.90. The standard InChI is InChI=1S/C23H28F4N4O4S/c1-13(23(25,26)27)9-31-15-6-17(7-16(31)11-34-10-15)35-22-14(2)21(28-12-29-22)30-20-5-4-18(8-19(20)24)36(3,32)33/h4-5,8,12-13,15-17H,6-7,9-11H2,1-3H3,(H,28,29,30)/t13?,15-,16-/m1/s1. The number of alkyl halides is 3. The summed E-state index contributed by atoms with van der Waals surface area (Å²) in [7, 11) is -3.55. The molecule has 0 spiro atoms. The van der Waals surface area contributed by atoms with Crippen molar-refractivity contribution >= 4 is 21.3 Å². The number of piperidine rings is 1. The number of nitrogens with one attached hydrogen (secondary N) is 1. The van der Waals surface area contributed by atoms with E-state index in [0.717, 1.165) is 12.3 Å². The highest BCUT2D eigenvalue weighted by atomic mass is 32.2. The Morgan fingerprint density at radius 3 is 2.47 bits per heavy atom. The average Bonchev–Trinajstić information content (AvgIpc) is 2.76. The van der Waals surface area contributed by atoms with E-state index in [4.69, 9.17) is 9.47 Å². The minimum Gasteiger partial charge on any atom is -0.474 e. The molecule has 1 unspecified atom stereocenters. The van der Waals surface area contributed by atoms with Crippen molar-refractivity contribution in [2.24, 2.45) is 5.92 Å². The number of halogens is 4. The molecule has 2 aromatic rings. The molecule has 2 aliphatic rings. The number of hydrogen-bond donors (Lipinski definition) is 1. The molecule has 1 aromatic carbocycles. The van der Waals surface area contributed by atoms with Gasteiger partial charge < -0.3 is 14.8 Å². The summed E-state index contributed by atoms with van der Waals surface area (Å²) < 4.78 is 88.9. The summed E-state index contributed by atoms with van der Waals surface area (Å²) in [5.74, 6) is -1.64. The van der Waals surface area contributed by atoms with Gasteiger partial charge >= 0.3 is 6.18 Å². The van der Waals surface area contributed by atoms with Gasteiger partial charge in [0.25, 0.3) is 0 Å². The predicted molar refractivity (Wildman–Crippen MR) is 124 cm³/mol. The van der Waals surface area contributed by atoms with Gasteiger partial charge in [-0.2, -0.15) is 13.2 Å². The first-order valence-electron chi connectivity index (χ1n) is 11.5. The van der Waals surface area contributed by atoms with Gasteiger partial charge in [-0.05, 0) is 25.1 Å². The van der Waals surface area contributed by atoms with Crippen molar-refractivity contribution in [3.63, 3.8) is 0 Å². The van der Waals surface area contributed by atoms with Gasteiger partial charge in [0.15, 0.2) is 9.84 Å². The number of sulfone groups is 1. The zero-order valence-corrected chi connectivity index (χ0v) is 20.9. The van der Waals surface area contributed by atoms with Crippen LogP contribution in [0.15, 0.2) is 29.4 Å². The fourth-order valence-corrected chi connectivity index (χ4v) is 5.18. The first-order chi connectivity index (χ1) is 16.8. The molecule has 3 atom stereocenters. The Morgan fingerprint density at radius 1 is 1.22 bits per heavy atom. The Bertz CT molecular complexity index is 1200. The van der Waals surface area contributed by atoms with Gasteiger partial charge in [-0.3, -0.25) is 4.90 Å². The molecule has 2 aliphatic heterocycles. The lowest BCUT2D eigenvalue weighted by Crippen LogP contribution is -2.60. The number of ether oxygens (including phenoxy) is 2. The zero-order chi connectivity index (χ0) is 26.3. The number of hydrogen-bond acceptors (Lipinski definition) is 8. The number of aromatic nitrogens is 2. The van der Waals surface area contributed by atoms with Crippen LogP contribution in [-0.2, 0) is 14.6 Å². The molecule has 2 bridgehead atoms. The van der Waals surface area contributed by atoms with E-state index in [1.807, 2.05) is 4.90 Å². The zero-order valence-electron chi connectivity index (χ0n) is 20.0. The van der Waals surface area contributed by atoms with E-state index in [9.17, 15) is 26.0 Å². The number of rotatable bonds is 7. The van der Waals surface area contributed by atoms with Gasteiger partial charge in [0.05, 0.1) is 35.3 Å². The number of morpholine rings is 1. The quantitative estimate of drug-likeness (QED) is 0.537. The van der Waals surface area contributed by atoms with Crippen LogP contribution >= 0.6 is 0 Å². The third-order valence-corrected chi connectivity index (χ3v) is 7.72. The molecule has 0 amide bonds. The van der Waals surface area contributed by atoms with Crippen LogP contribution in [0.2, 0.25) is 0 Å². The number of fused-ring (bicyclic) bond motifs is 2. The molecular weight excluding hydrogens is 504 g/mol. The van der Waals surface area contributed by atoms with Crippen molar-refractivity contribution in [1.82, 2.24) is 14.9 Å². The van der Waals surface area contributed by atoms with Crippen LogP contribution in [0.5, 0.6) is 5.88 Å². The van der Waals surface area contributed by atoms with Gasteiger partial charge in [-0.15, -0.1) is 0 Å². The van der Waals surface area contributed by atoms with Gasteiger partial charge in [-0.1, -0.05) is 6.92 Å². The molecule has 0 saturated carbocycles. The van der Waals surface area contributed by atoms with Crippen molar-refractivity contribution in [1.29, 1.82) is 0 Å². The molecule has 2 saturated heterocycles. The van der Waals surface area contributed by atoms with Crippen LogP contribution in [0.25, 0.3) is 0 Å². The van der Waals surface area contributed by atoms with Crippen LogP contribution in [-0.4, -0.2) is 73.7 Å². The Kier molecular flexibility index (Phi) is 7.45. The van der Waals surface area contributed by atoms with E-state index in [0.29, 0.717) is 31.6 Å². The summed E-state index contributed by atoms with van der Waals surface area (Å²) in [5, 5.41) is 2.84. The fraction of sp³-hybridized carbons (Fsp3) is 0.565. The fourth-order valence-electron chi connectivity index (χ4n) is 4.55. The van der Waals surface area contributed by atoms with Crippen LogP contribution in [0.3, 0.4) is 0 Å². The maximum absolute atomic E-state index is 14.5. The summed E-state index contributed by atoms with van der Waals surface area (Å²) in [5.41, 5.74) is 0.549. The maximum atomic E-state index is 14.5. The van der Waals surface area contributed by atoms with E-state index in [1.54, 1.807) is 6.92 Å². The number of nitrogens with zero attached hydrogens (tertiary/aromatic N) is 3. The first kappa shape index (κ1) is 26.6. The molecule has 0 aliphatic carbocycles. The van der Waals surface area contributed by atoms with E-state index in [1.165, 1.54) is 25.4 Å². The Hall–Kier alpha value is -2.51. The van der Waals surface area contributed by atoms with Gasteiger partial charge in [0.2, 0.25) is 5.88 Å². The second-order valence-corrected chi connectivity index (χ2v) is 11.4. The minimum atomic E-state index is -4.26. The lowest BCUT2D eigenvalue weighted by atomic mass is 9.90. The normalized spacial score (nSPS) is 23.8. The summed E-state index contributed by atoms with van der Waals surface area (Å²) in [6, 6.07) is 3.14. The lowest BCUT2D eigenvalue weighted by Gasteiger charge is -2.49. The molecule has 3 heterocycles. The van der Waals surface area contributed by atoms with Crippen LogP contribution < -0.4 is 10.1 Å². The molecule has 2 fully saturated rings. The highest BCUT2D eigenvalue weighted by Gasteiger charge is 2.44. The van der Waals surface area contributed by atoms with E-state index >= 15 is 0 Å². The molecule has 1 aromatic heterocycles. The van der Waals surface area contributed by atoms with Crippen LogP contribution in [0.1, 0.15) is 25.3 Å². The van der Waals surface area contributed by atoms with Gasteiger partial charge in [0, 0.05) is 37.7 Å². The van der Waals surface area contributed by atoms with Crippen molar-refractivity contribution in [2.75, 3.05) is 31.3 Å². The number of anilines is 2. The van der Waals surface area contributed by atoms with Gasteiger partial charge in [0.1, 0.15) is 24.1 Å². The third-order valence-electron chi connectivity index (χ3n) is 6.61. The second kappa shape index (κ2) is 10.1. The maximum Gasteiger partial charge on any atom is 0.392 e. The first-order valence-corrected chi connectivity index (χ1v) is 13.4. The topological polar surface area (TPSA) is 93.7 Å². The van der Waals surface area contributed by atoms with Gasteiger partial charge in [-0.25, -0.2) is 22.8 Å². The van der Waals surface area contributed by atoms with Crippen molar-refractivity contribution in [3.8, 4) is 5.88 Å². The Morgan fingerprint density at radius 2 is 1.89 bits per heavy atom. The SMILES string of the molecule is Cc1c(Nc2ccc(S(C)(=O)=O)cc2F)ncnc1OC1C[C@@H]2COC[C@@H](C1)N2CC(C)C(F)(F)F. The molecule has 8 nitrogen and oxygen atoms in total. The van der Waals surface area contributed by atoms with E-state index < -0.39 is 27.7 Å². The second-order valence-electron chi connectivity index (χ2n) is 9.39. The monoisotopic (exact) mass is 532 g/mol. The molecule has 4 rings (SSSR count). The summed E-state index contributed by atoms with van der Waals surface area (Å²) >= 11 is 0. The molecule has 36 heavy (non-hydrogen) atoms. The van der Waals surface area contributed by atoms with Crippen molar-refractivity contribution in [3.05, 3.63) is 35.9 Å². The van der Waals surface area contributed by atoms with Crippen LogP contribution in [0, 0.1) is 18.7 Å². The Labute approximate surface area is 206 Å². The van der Waals surface area contributed by atoms with E-state index in [2.05, 4.69) is 15.3 Å². The molecular formula is C23H28F4N4O4S. The largest absolute Gasteiger partial charge is 0.474 e. The van der Waals surface area contributed by atoms with E-state index in [-0.39, 0.29) is 47.0 Å². The molecule has 1 N–H and O–H groups in total. The summed E-state index contributed by atoms with van der Waals surface area (Å²) in [6.07, 6.45) is -1.32. The van der Waals surface area contributed by atoms with Crippen molar-refractivity contribution in [2.45, 2.75) is 55.9 Å². The predicted octanol–water partition coefficient (Wildman–Crippen LogP) is 3.88. The molecule has 198 valence electrons. The molecule has 13 heteroatoms. The third kappa shape index (κ3) is 5.89. The van der Waals surface area contributed by atoms with Crippen LogP contribution in [0.4, 0.5) is 29.1 Å². The Balaban J connectivity index is 1.46. The molecule has 0 radical (unpaired) electrons. The average molecular weight is 533 g/mol. The van der Waals surface area contributed by atoms with Crippen molar-refractivity contribution < 1.29 is 35.5 Å². The lowest BCUT2D eigenvalue weighted by molar-refractivity contribution is -0.187. The summed E-state index contributed by atoms with van der Waals surface area (Å²) in [4.78, 5) is 10.1. The minimum absolute atomic E-state index is 0.0360. The highest BCUT2D eigenvalue weighted by Crippen LogP contribution is 2.35.